The maximum atomic E-state index is 12.9. The highest BCUT2D eigenvalue weighted by Crippen LogP contribution is 2.44. The number of para-hydroxylation sites is 1. The Balaban J connectivity index is 1.22. The van der Waals surface area contributed by atoms with Crippen LogP contribution in [0.25, 0.3) is 11.1 Å². The second-order valence-corrected chi connectivity index (χ2v) is 8.95. The third-order valence-electron chi connectivity index (χ3n) is 6.91. The van der Waals surface area contributed by atoms with E-state index in [1.165, 1.54) is 6.07 Å². The van der Waals surface area contributed by atoms with Crippen molar-refractivity contribution in [3.05, 3.63) is 89.5 Å². The lowest BCUT2D eigenvalue weighted by molar-refractivity contribution is -0.120. The van der Waals surface area contributed by atoms with Crippen molar-refractivity contribution in [2.45, 2.75) is 31.2 Å². The first-order valence-electron chi connectivity index (χ1n) is 11.8. The molecule has 1 saturated carbocycles. The predicted molar refractivity (Wildman–Crippen MR) is 131 cm³/mol. The van der Waals surface area contributed by atoms with Crippen LogP contribution in [0.3, 0.4) is 0 Å². The smallest absolute Gasteiger partial charge is 0.407 e. The molecule has 1 fully saturated rings. The van der Waals surface area contributed by atoms with Crippen LogP contribution in [-0.4, -0.2) is 35.7 Å². The SMILES string of the molecule is O=C(N[C@@H]1CCC[C@@H]1C(=O)Nc1ccccc1C(=O)O)OCC1c2ccccc2-c2ccccc21. The standard InChI is InChI=1S/C28H26N2O5/c31-26(29-25-14-6-5-12-22(25)27(32)33)21-13-7-15-24(21)30-28(34)35-16-23-19-10-3-1-8-17(19)18-9-2-4-11-20(18)23/h1-6,8-12,14,21,23-24H,7,13,15-16H2,(H,29,31)(H,30,34)(H,32,33)/t21-,24+/m0/s1. The zero-order chi connectivity index (χ0) is 24.4. The minimum Gasteiger partial charge on any atom is -0.478 e. The Morgan fingerprint density at radius 1 is 0.857 bits per heavy atom. The first kappa shape index (κ1) is 22.7. The number of nitrogens with one attached hydrogen (secondary N) is 2. The van der Waals surface area contributed by atoms with E-state index < -0.39 is 18.0 Å². The molecule has 0 aromatic heterocycles. The van der Waals surface area contributed by atoms with Gasteiger partial charge in [0.25, 0.3) is 0 Å². The largest absolute Gasteiger partial charge is 0.478 e. The summed E-state index contributed by atoms with van der Waals surface area (Å²) in [6, 6.07) is 22.2. The van der Waals surface area contributed by atoms with Crippen LogP contribution in [0.4, 0.5) is 10.5 Å². The number of fused-ring (bicyclic) bond motifs is 3. The molecule has 0 unspecified atom stereocenters. The molecule has 2 aliphatic rings. The second-order valence-electron chi connectivity index (χ2n) is 8.95. The number of carbonyl (C=O) groups is 3. The molecule has 35 heavy (non-hydrogen) atoms. The molecule has 2 aliphatic carbocycles. The van der Waals surface area contributed by atoms with E-state index in [0.717, 1.165) is 28.7 Å². The number of aromatic carboxylic acids is 1. The van der Waals surface area contributed by atoms with Crippen LogP contribution in [0.2, 0.25) is 0 Å². The summed E-state index contributed by atoms with van der Waals surface area (Å²) in [5.74, 6) is -1.92. The average Bonchev–Trinajstić information content (AvgIpc) is 3.45. The Kier molecular flexibility index (Phi) is 6.23. The van der Waals surface area contributed by atoms with Gasteiger partial charge in [-0.3, -0.25) is 4.79 Å². The minimum absolute atomic E-state index is 0.0277. The zero-order valence-electron chi connectivity index (χ0n) is 19.1. The van der Waals surface area contributed by atoms with Gasteiger partial charge in [-0.25, -0.2) is 9.59 Å². The van der Waals surface area contributed by atoms with Crippen LogP contribution in [0.15, 0.2) is 72.8 Å². The highest BCUT2D eigenvalue weighted by Gasteiger charge is 2.35. The summed E-state index contributed by atoms with van der Waals surface area (Å²) in [7, 11) is 0. The molecule has 0 saturated heterocycles. The average molecular weight is 471 g/mol. The monoisotopic (exact) mass is 470 g/mol. The Morgan fingerprint density at radius 2 is 1.49 bits per heavy atom. The van der Waals surface area contributed by atoms with E-state index in [-0.39, 0.29) is 35.7 Å². The van der Waals surface area contributed by atoms with Crippen molar-refractivity contribution in [1.82, 2.24) is 5.32 Å². The molecule has 0 radical (unpaired) electrons. The van der Waals surface area contributed by atoms with Crippen LogP contribution < -0.4 is 10.6 Å². The number of carboxylic acids is 1. The molecule has 3 aromatic carbocycles. The third-order valence-corrected chi connectivity index (χ3v) is 6.91. The second kappa shape index (κ2) is 9.62. The summed E-state index contributed by atoms with van der Waals surface area (Å²) in [6.45, 7) is 0.204. The Hall–Kier alpha value is -4.13. The molecule has 7 heteroatoms. The highest BCUT2D eigenvalue weighted by molar-refractivity contribution is 6.01. The quantitative estimate of drug-likeness (QED) is 0.469. The number of carbonyl (C=O) groups excluding carboxylic acids is 2. The number of amides is 2. The topological polar surface area (TPSA) is 105 Å². The van der Waals surface area contributed by atoms with Gasteiger partial charge in [0.15, 0.2) is 0 Å². The van der Waals surface area contributed by atoms with E-state index in [9.17, 15) is 19.5 Å². The summed E-state index contributed by atoms with van der Waals surface area (Å²) < 4.78 is 5.64. The van der Waals surface area contributed by atoms with Gasteiger partial charge in [-0.1, -0.05) is 67.1 Å². The molecule has 3 N–H and O–H groups in total. The number of benzene rings is 3. The normalized spacial score (nSPS) is 18.4. The van der Waals surface area contributed by atoms with Crippen LogP contribution in [0.1, 0.15) is 46.7 Å². The molecule has 0 aliphatic heterocycles. The molecule has 0 spiro atoms. The van der Waals surface area contributed by atoms with Crippen molar-refractivity contribution in [2.24, 2.45) is 5.92 Å². The van der Waals surface area contributed by atoms with Crippen LogP contribution >= 0.6 is 0 Å². The van der Waals surface area contributed by atoms with Crippen molar-refractivity contribution in [1.29, 1.82) is 0 Å². The van der Waals surface area contributed by atoms with Crippen LogP contribution in [0, 0.1) is 5.92 Å². The van der Waals surface area contributed by atoms with E-state index in [4.69, 9.17) is 4.74 Å². The van der Waals surface area contributed by atoms with Gasteiger partial charge in [0.1, 0.15) is 6.61 Å². The fourth-order valence-corrected chi connectivity index (χ4v) is 5.24. The number of carboxylic acid groups (broad SMARTS) is 1. The zero-order valence-corrected chi connectivity index (χ0v) is 19.1. The van der Waals surface area contributed by atoms with E-state index >= 15 is 0 Å². The summed E-state index contributed by atoms with van der Waals surface area (Å²) in [5, 5.41) is 15.0. The van der Waals surface area contributed by atoms with Crippen molar-refractivity contribution < 1.29 is 24.2 Å². The van der Waals surface area contributed by atoms with Crippen molar-refractivity contribution in [3.63, 3.8) is 0 Å². The van der Waals surface area contributed by atoms with E-state index in [2.05, 4.69) is 34.9 Å². The van der Waals surface area contributed by atoms with Gasteiger partial charge in [-0.2, -0.15) is 0 Å². The Bertz CT molecular complexity index is 1240. The lowest BCUT2D eigenvalue weighted by Gasteiger charge is -2.21. The molecule has 2 amide bonds. The van der Waals surface area contributed by atoms with E-state index in [1.54, 1.807) is 18.2 Å². The summed E-state index contributed by atoms with van der Waals surface area (Å²) in [4.78, 5) is 37.1. The van der Waals surface area contributed by atoms with Gasteiger partial charge in [-0.15, -0.1) is 0 Å². The lowest BCUT2D eigenvalue weighted by atomic mass is 9.98. The number of ether oxygens (including phenoxy) is 1. The molecular weight excluding hydrogens is 444 g/mol. The van der Waals surface area contributed by atoms with Crippen molar-refractivity contribution in [3.8, 4) is 11.1 Å². The molecule has 2 atom stereocenters. The number of anilines is 1. The molecule has 5 rings (SSSR count). The number of alkyl carbamates (subject to hydrolysis) is 1. The molecule has 178 valence electrons. The fraction of sp³-hybridized carbons (Fsp3) is 0.250. The summed E-state index contributed by atoms with van der Waals surface area (Å²) in [6.07, 6.45) is 1.49. The van der Waals surface area contributed by atoms with Gasteiger partial charge < -0.3 is 20.5 Å². The maximum Gasteiger partial charge on any atom is 0.407 e. The first-order chi connectivity index (χ1) is 17.0. The molecule has 3 aromatic rings. The van der Waals surface area contributed by atoms with E-state index in [0.29, 0.717) is 12.8 Å². The summed E-state index contributed by atoms with van der Waals surface area (Å²) in [5.41, 5.74) is 4.86. The Labute approximate surface area is 203 Å². The molecule has 0 heterocycles. The predicted octanol–water partition coefficient (Wildman–Crippen LogP) is 5.03. The molecule has 7 nitrogen and oxygen atoms in total. The van der Waals surface area contributed by atoms with Gasteiger partial charge in [0.2, 0.25) is 5.91 Å². The molecular formula is C28H26N2O5. The first-order valence-corrected chi connectivity index (χ1v) is 11.8. The Morgan fingerprint density at radius 3 is 2.17 bits per heavy atom. The van der Waals surface area contributed by atoms with Gasteiger partial charge >= 0.3 is 12.1 Å². The van der Waals surface area contributed by atoms with Gasteiger partial charge in [0, 0.05) is 12.0 Å². The highest BCUT2D eigenvalue weighted by atomic mass is 16.5. The minimum atomic E-state index is -1.11. The van der Waals surface area contributed by atoms with Gasteiger partial charge in [-0.05, 0) is 47.2 Å². The van der Waals surface area contributed by atoms with Crippen molar-refractivity contribution in [2.75, 3.05) is 11.9 Å². The fourth-order valence-electron chi connectivity index (χ4n) is 5.24. The van der Waals surface area contributed by atoms with Crippen LogP contribution in [-0.2, 0) is 9.53 Å². The van der Waals surface area contributed by atoms with Crippen LogP contribution in [0.5, 0.6) is 0 Å². The van der Waals surface area contributed by atoms with Gasteiger partial charge in [0.05, 0.1) is 17.2 Å². The van der Waals surface area contributed by atoms with Crippen molar-refractivity contribution >= 4 is 23.7 Å². The lowest BCUT2D eigenvalue weighted by Crippen LogP contribution is -2.42. The summed E-state index contributed by atoms with van der Waals surface area (Å²) >= 11 is 0. The third kappa shape index (κ3) is 4.49. The maximum absolute atomic E-state index is 12.9. The van der Waals surface area contributed by atoms with E-state index in [1.807, 2.05) is 24.3 Å². The number of hydrogen-bond donors (Lipinski definition) is 3. The molecule has 0 bridgehead atoms. The number of hydrogen-bond acceptors (Lipinski definition) is 4. The number of rotatable bonds is 6.